The number of pyridine rings is 1. The average molecular weight is 434 g/mol. The molecule has 10 heteroatoms. The molecule has 30 heavy (non-hydrogen) atoms. The van der Waals surface area contributed by atoms with Gasteiger partial charge in [-0.25, -0.2) is 22.9 Å². The molecule has 1 aromatic carbocycles. The summed E-state index contributed by atoms with van der Waals surface area (Å²) in [6, 6.07) is 10.6. The number of benzene rings is 1. The Kier molecular flexibility index (Phi) is 7.61. The number of carbonyl (C=O) groups excluding carboxylic acids is 1. The smallest absolute Gasteiger partial charge is 0.315 e. The summed E-state index contributed by atoms with van der Waals surface area (Å²) in [6.07, 6.45) is 1.75. The van der Waals surface area contributed by atoms with E-state index in [2.05, 4.69) is 25.2 Å². The number of anilines is 1. The maximum atomic E-state index is 12.2. The minimum absolute atomic E-state index is 0.0751. The SMILES string of the molecule is CNS(=O)(=O)Cc1ccc(CNC(=O)NCc2cccnc2N2CCOCC2)cc1. The van der Waals surface area contributed by atoms with Gasteiger partial charge in [-0.15, -0.1) is 0 Å². The molecule has 1 aliphatic heterocycles. The van der Waals surface area contributed by atoms with Crippen molar-refractivity contribution in [1.29, 1.82) is 0 Å². The van der Waals surface area contributed by atoms with Gasteiger partial charge in [0, 0.05) is 37.9 Å². The van der Waals surface area contributed by atoms with Crippen molar-refractivity contribution < 1.29 is 17.9 Å². The first-order valence-corrected chi connectivity index (χ1v) is 11.4. The Bertz CT molecular complexity index is 944. The molecule has 0 atom stereocenters. The van der Waals surface area contributed by atoms with Gasteiger partial charge < -0.3 is 20.3 Å². The molecule has 162 valence electrons. The summed E-state index contributed by atoms with van der Waals surface area (Å²) >= 11 is 0. The van der Waals surface area contributed by atoms with Crippen LogP contribution in [0, 0.1) is 0 Å². The standard InChI is InChI=1S/C20H27N5O4S/c1-21-30(27,28)15-17-6-4-16(5-7-17)13-23-20(26)24-14-18-3-2-8-22-19(18)25-9-11-29-12-10-25/h2-8,21H,9-15H2,1H3,(H2,23,24,26). The number of morpholine rings is 1. The molecule has 3 N–H and O–H groups in total. The summed E-state index contributed by atoms with van der Waals surface area (Å²) in [6.45, 7) is 3.61. The van der Waals surface area contributed by atoms with E-state index >= 15 is 0 Å². The van der Waals surface area contributed by atoms with Crippen LogP contribution in [-0.4, -0.2) is 52.8 Å². The van der Waals surface area contributed by atoms with Gasteiger partial charge >= 0.3 is 6.03 Å². The summed E-state index contributed by atoms with van der Waals surface area (Å²) in [4.78, 5) is 18.8. The Balaban J connectivity index is 1.49. The minimum atomic E-state index is -3.30. The summed E-state index contributed by atoms with van der Waals surface area (Å²) in [7, 11) is -1.91. The van der Waals surface area contributed by atoms with Gasteiger partial charge in [0.25, 0.3) is 0 Å². The van der Waals surface area contributed by atoms with Crippen LogP contribution >= 0.6 is 0 Å². The number of hydrogen-bond acceptors (Lipinski definition) is 6. The van der Waals surface area contributed by atoms with E-state index in [1.165, 1.54) is 7.05 Å². The van der Waals surface area contributed by atoms with E-state index in [4.69, 9.17) is 4.74 Å². The fourth-order valence-electron chi connectivity index (χ4n) is 3.09. The first-order chi connectivity index (χ1) is 14.5. The highest BCUT2D eigenvalue weighted by Gasteiger charge is 2.16. The van der Waals surface area contributed by atoms with Crippen LogP contribution in [0.15, 0.2) is 42.6 Å². The molecule has 0 radical (unpaired) electrons. The molecule has 2 heterocycles. The van der Waals surface area contributed by atoms with Crippen LogP contribution in [0.3, 0.4) is 0 Å². The molecule has 1 aromatic heterocycles. The zero-order valence-corrected chi connectivity index (χ0v) is 17.7. The lowest BCUT2D eigenvalue weighted by Crippen LogP contribution is -2.38. The summed E-state index contributed by atoms with van der Waals surface area (Å²) < 4.78 is 30.9. The number of amides is 2. The highest BCUT2D eigenvalue weighted by atomic mass is 32.2. The van der Waals surface area contributed by atoms with Crippen molar-refractivity contribution in [2.45, 2.75) is 18.8 Å². The van der Waals surface area contributed by atoms with Crippen LogP contribution in [0.2, 0.25) is 0 Å². The van der Waals surface area contributed by atoms with Crippen LogP contribution < -0.4 is 20.3 Å². The second-order valence-electron chi connectivity index (χ2n) is 6.90. The molecule has 0 spiro atoms. The van der Waals surface area contributed by atoms with E-state index in [9.17, 15) is 13.2 Å². The van der Waals surface area contributed by atoms with E-state index in [0.717, 1.165) is 30.0 Å². The Hall–Kier alpha value is -2.69. The fraction of sp³-hybridized carbons (Fsp3) is 0.400. The van der Waals surface area contributed by atoms with Crippen molar-refractivity contribution in [2.24, 2.45) is 0 Å². The van der Waals surface area contributed by atoms with Crippen molar-refractivity contribution >= 4 is 21.9 Å². The van der Waals surface area contributed by atoms with Crippen molar-refractivity contribution in [3.8, 4) is 0 Å². The Morgan fingerprint density at radius 2 is 1.73 bits per heavy atom. The first-order valence-electron chi connectivity index (χ1n) is 9.74. The lowest BCUT2D eigenvalue weighted by Gasteiger charge is -2.29. The number of nitrogens with one attached hydrogen (secondary N) is 3. The molecule has 1 saturated heterocycles. The Labute approximate surface area is 176 Å². The molecular weight excluding hydrogens is 406 g/mol. The molecule has 9 nitrogen and oxygen atoms in total. The van der Waals surface area contributed by atoms with Crippen LogP contribution in [0.4, 0.5) is 10.6 Å². The van der Waals surface area contributed by atoms with E-state index in [-0.39, 0.29) is 11.8 Å². The van der Waals surface area contributed by atoms with Gasteiger partial charge in [-0.1, -0.05) is 30.3 Å². The number of hydrogen-bond donors (Lipinski definition) is 3. The summed E-state index contributed by atoms with van der Waals surface area (Å²) in [5, 5.41) is 5.68. The van der Waals surface area contributed by atoms with E-state index in [0.29, 0.717) is 31.9 Å². The zero-order chi connectivity index (χ0) is 21.4. The highest BCUT2D eigenvalue weighted by Crippen LogP contribution is 2.18. The fourth-order valence-corrected chi connectivity index (χ4v) is 3.87. The molecule has 0 unspecified atom stereocenters. The van der Waals surface area contributed by atoms with Crippen molar-refractivity contribution in [2.75, 3.05) is 38.3 Å². The molecule has 1 fully saturated rings. The number of ether oxygens (including phenoxy) is 1. The molecular formula is C20H27N5O4S. The zero-order valence-electron chi connectivity index (χ0n) is 16.9. The van der Waals surface area contributed by atoms with E-state index in [1.807, 2.05) is 12.1 Å². The second kappa shape index (κ2) is 10.4. The van der Waals surface area contributed by atoms with Crippen LogP contribution in [-0.2, 0) is 33.6 Å². The summed E-state index contributed by atoms with van der Waals surface area (Å²) in [5.74, 6) is 0.794. The average Bonchev–Trinajstić information content (AvgIpc) is 2.78. The van der Waals surface area contributed by atoms with Gasteiger partial charge in [0.05, 0.1) is 19.0 Å². The largest absolute Gasteiger partial charge is 0.378 e. The molecule has 0 aliphatic carbocycles. The molecule has 3 rings (SSSR count). The van der Waals surface area contributed by atoms with Gasteiger partial charge in [0.15, 0.2) is 0 Å². The number of rotatable bonds is 8. The molecule has 0 bridgehead atoms. The molecule has 0 saturated carbocycles. The quantitative estimate of drug-likeness (QED) is 0.572. The Morgan fingerprint density at radius 3 is 2.43 bits per heavy atom. The number of carbonyl (C=O) groups is 1. The third-order valence-corrected chi connectivity index (χ3v) is 6.10. The van der Waals surface area contributed by atoms with Crippen molar-refractivity contribution in [3.05, 3.63) is 59.3 Å². The number of sulfonamides is 1. The molecule has 2 aromatic rings. The lowest BCUT2D eigenvalue weighted by atomic mass is 10.1. The highest BCUT2D eigenvalue weighted by molar-refractivity contribution is 7.88. The van der Waals surface area contributed by atoms with Gasteiger partial charge in [-0.2, -0.15) is 0 Å². The van der Waals surface area contributed by atoms with Crippen molar-refractivity contribution in [3.63, 3.8) is 0 Å². The predicted octanol–water partition coefficient (Wildman–Crippen LogP) is 0.967. The van der Waals surface area contributed by atoms with Crippen LogP contribution in [0.5, 0.6) is 0 Å². The van der Waals surface area contributed by atoms with Gasteiger partial charge in [0.2, 0.25) is 10.0 Å². The number of nitrogens with zero attached hydrogens (tertiary/aromatic N) is 2. The molecule has 2 amide bonds. The number of urea groups is 1. The Morgan fingerprint density at radius 1 is 1.07 bits per heavy atom. The van der Waals surface area contributed by atoms with Gasteiger partial charge in [-0.3, -0.25) is 0 Å². The third kappa shape index (κ3) is 6.41. The van der Waals surface area contributed by atoms with Gasteiger partial charge in [-0.05, 0) is 24.2 Å². The normalized spacial score (nSPS) is 14.4. The maximum Gasteiger partial charge on any atom is 0.315 e. The van der Waals surface area contributed by atoms with Crippen LogP contribution in [0.1, 0.15) is 16.7 Å². The van der Waals surface area contributed by atoms with Crippen LogP contribution in [0.25, 0.3) is 0 Å². The van der Waals surface area contributed by atoms with Crippen molar-refractivity contribution in [1.82, 2.24) is 20.3 Å². The molecule has 1 aliphatic rings. The van der Waals surface area contributed by atoms with E-state index in [1.54, 1.807) is 30.5 Å². The van der Waals surface area contributed by atoms with E-state index < -0.39 is 10.0 Å². The third-order valence-electron chi connectivity index (χ3n) is 4.76. The maximum absolute atomic E-state index is 12.2. The predicted molar refractivity (Wildman–Crippen MR) is 114 cm³/mol. The lowest BCUT2D eigenvalue weighted by molar-refractivity contribution is 0.122. The summed E-state index contributed by atoms with van der Waals surface area (Å²) in [5.41, 5.74) is 2.51. The first kappa shape index (κ1) is 22.0. The topological polar surface area (TPSA) is 113 Å². The minimum Gasteiger partial charge on any atom is -0.378 e. The van der Waals surface area contributed by atoms with Gasteiger partial charge in [0.1, 0.15) is 5.82 Å². The monoisotopic (exact) mass is 433 g/mol. The number of aromatic nitrogens is 1. The second-order valence-corrected chi connectivity index (χ2v) is 8.83.